The summed E-state index contributed by atoms with van der Waals surface area (Å²) in [7, 11) is 0. The second-order valence-corrected chi connectivity index (χ2v) is 4.12. The lowest BCUT2D eigenvalue weighted by Gasteiger charge is -2.03. The van der Waals surface area contributed by atoms with E-state index in [0.29, 0.717) is 11.8 Å². The van der Waals surface area contributed by atoms with Crippen LogP contribution < -0.4 is 5.63 Å². The summed E-state index contributed by atoms with van der Waals surface area (Å²) in [5, 5.41) is 5.35. The molecule has 1 aromatic heterocycles. The highest BCUT2D eigenvalue weighted by Crippen LogP contribution is 2.16. The monoisotopic (exact) mass is 237 g/mol. The van der Waals surface area contributed by atoms with E-state index in [-0.39, 0.29) is 5.63 Å². The first kappa shape index (κ1) is 10.7. The minimum atomic E-state index is -0.387. The molecule has 0 radical (unpaired) electrons. The largest absolute Gasteiger partial charge is 0.366 e. The van der Waals surface area contributed by atoms with Gasteiger partial charge in [-0.1, -0.05) is 53.7 Å². The van der Waals surface area contributed by atoms with Crippen LogP contribution in [0.2, 0.25) is 0 Å². The lowest BCUT2D eigenvalue weighted by molar-refractivity contribution is 0.368. The van der Waals surface area contributed by atoms with Crippen LogP contribution in [0.15, 0.2) is 63.9 Å². The Morgan fingerprint density at radius 1 is 0.889 bits per heavy atom. The number of benzene rings is 2. The van der Waals surface area contributed by atoms with E-state index in [9.17, 15) is 4.79 Å². The van der Waals surface area contributed by atoms with Gasteiger partial charge >= 0.3 is 5.63 Å². The number of fused-ring (bicyclic) bond motifs is 1. The van der Waals surface area contributed by atoms with Crippen molar-refractivity contribution in [1.29, 1.82) is 0 Å². The molecule has 0 bridgehead atoms. The first-order valence-electron chi connectivity index (χ1n) is 5.76. The van der Waals surface area contributed by atoms with Gasteiger partial charge in [0.1, 0.15) is 0 Å². The van der Waals surface area contributed by atoms with Crippen molar-refractivity contribution in [3.8, 4) is 0 Å². The first-order valence-corrected chi connectivity index (χ1v) is 5.76. The standard InChI is InChI=1S/C15H11NO2/c17-15-13-9-5-4-8-12(13)14(16-18-15)10-11-6-2-1-3-7-11/h1-9H,10H2. The molecule has 0 atom stereocenters. The molecular formula is C15H11NO2. The van der Waals surface area contributed by atoms with Crippen molar-refractivity contribution in [2.75, 3.05) is 0 Å². The molecule has 1 heterocycles. The normalized spacial score (nSPS) is 10.7. The number of nitrogens with zero attached hydrogens (tertiary/aromatic N) is 1. The van der Waals surface area contributed by atoms with Crippen molar-refractivity contribution < 1.29 is 4.52 Å². The van der Waals surface area contributed by atoms with Crippen molar-refractivity contribution in [3.05, 3.63) is 76.3 Å². The Kier molecular flexibility index (Phi) is 2.65. The summed E-state index contributed by atoms with van der Waals surface area (Å²) in [5.41, 5.74) is 1.54. The predicted octanol–water partition coefficient (Wildman–Crippen LogP) is 2.78. The van der Waals surface area contributed by atoms with Crippen molar-refractivity contribution in [2.24, 2.45) is 0 Å². The summed E-state index contributed by atoms with van der Waals surface area (Å²) in [5.74, 6) is 0. The molecule has 0 N–H and O–H groups in total. The van der Waals surface area contributed by atoms with Crippen LogP contribution in [0, 0.1) is 0 Å². The minimum absolute atomic E-state index is 0.387. The zero-order valence-electron chi connectivity index (χ0n) is 9.67. The van der Waals surface area contributed by atoms with Gasteiger partial charge in [-0.25, -0.2) is 4.79 Å². The maximum absolute atomic E-state index is 11.6. The van der Waals surface area contributed by atoms with Crippen LogP contribution in [0.25, 0.3) is 10.8 Å². The molecule has 18 heavy (non-hydrogen) atoms. The third-order valence-corrected chi connectivity index (χ3v) is 2.91. The van der Waals surface area contributed by atoms with E-state index >= 15 is 0 Å². The third-order valence-electron chi connectivity index (χ3n) is 2.91. The summed E-state index contributed by atoms with van der Waals surface area (Å²) in [6, 6.07) is 17.4. The van der Waals surface area contributed by atoms with E-state index in [2.05, 4.69) is 5.16 Å². The van der Waals surface area contributed by atoms with E-state index < -0.39 is 0 Å². The molecule has 88 valence electrons. The Bertz CT molecular complexity index is 732. The van der Waals surface area contributed by atoms with Gasteiger partial charge in [-0.15, -0.1) is 0 Å². The van der Waals surface area contributed by atoms with E-state index in [4.69, 9.17) is 4.52 Å². The number of aromatic nitrogens is 1. The molecule has 0 unspecified atom stereocenters. The first-order chi connectivity index (χ1) is 8.84. The number of rotatable bonds is 2. The van der Waals surface area contributed by atoms with Gasteiger partial charge in [0.15, 0.2) is 0 Å². The summed E-state index contributed by atoms with van der Waals surface area (Å²) < 4.78 is 4.84. The van der Waals surface area contributed by atoms with Gasteiger partial charge in [0.25, 0.3) is 0 Å². The van der Waals surface area contributed by atoms with Gasteiger partial charge in [-0.2, -0.15) is 0 Å². The highest BCUT2D eigenvalue weighted by atomic mass is 16.5. The third kappa shape index (κ3) is 1.91. The van der Waals surface area contributed by atoms with Gasteiger partial charge in [0, 0.05) is 11.8 Å². The lowest BCUT2D eigenvalue weighted by Crippen LogP contribution is -2.05. The molecule has 3 aromatic rings. The average Bonchev–Trinajstić information content (AvgIpc) is 2.44. The maximum Gasteiger partial charge on any atom is 0.366 e. The van der Waals surface area contributed by atoms with Crippen LogP contribution in [-0.2, 0) is 6.42 Å². The van der Waals surface area contributed by atoms with Gasteiger partial charge in [-0.3, -0.25) is 0 Å². The van der Waals surface area contributed by atoms with Crippen molar-refractivity contribution in [3.63, 3.8) is 0 Å². The summed E-state index contributed by atoms with van der Waals surface area (Å²) in [6.07, 6.45) is 0.658. The Morgan fingerprint density at radius 2 is 1.56 bits per heavy atom. The van der Waals surface area contributed by atoms with E-state index in [0.717, 1.165) is 16.6 Å². The molecule has 3 heteroatoms. The molecule has 0 fully saturated rings. The van der Waals surface area contributed by atoms with Gasteiger partial charge in [0.2, 0.25) is 0 Å². The zero-order valence-corrected chi connectivity index (χ0v) is 9.67. The van der Waals surface area contributed by atoms with Gasteiger partial charge in [-0.05, 0) is 11.6 Å². The fourth-order valence-corrected chi connectivity index (χ4v) is 2.02. The average molecular weight is 237 g/mol. The van der Waals surface area contributed by atoms with Crippen molar-refractivity contribution in [2.45, 2.75) is 6.42 Å². The maximum atomic E-state index is 11.6. The van der Waals surface area contributed by atoms with Gasteiger partial charge in [0.05, 0.1) is 11.1 Å². The van der Waals surface area contributed by atoms with Crippen LogP contribution >= 0.6 is 0 Å². The summed E-state index contributed by atoms with van der Waals surface area (Å²) in [4.78, 5) is 11.6. The number of hydrogen-bond acceptors (Lipinski definition) is 3. The fraction of sp³-hybridized carbons (Fsp3) is 0.0667. The smallest absolute Gasteiger partial charge is 0.312 e. The molecule has 0 saturated carbocycles. The predicted molar refractivity (Wildman–Crippen MR) is 69.5 cm³/mol. The lowest BCUT2D eigenvalue weighted by atomic mass is 10.1. The quantitative estimate of drug-likeness (QED) is 0.688. The molecule has 3 nitrogen and oxygen atoms in total. The minimum Gasteiger partial charge on any atom is -0.312 e. The summed E-state index contributed by atoms with van der Waals surface area (Å²) >= 11 is 0. The molecular weight excluding hydrogens is 226 g/mol. The second-order valence-electron chi connectivity index (χ2n) is 4.12. The van der Waals surface area contributed by atoms with Crippen LogP contribution in [-0.4, -0.2) is 5.16 Å². The Morgan fingerprint density at radius 3 is 2.33 bits per heavy atom. The molecule has 2 aromatic carbocycles. The Hall–Kier alpha value is -2.42. The Balaban J connectivity index is 2.13. The van der Waals surface area contributed by atoms with E-state index in [1.807, 2.05) is 48.5 Å². The molecule has 0 aliphatic heterocycles. The molecule has 3 rings (SSSR count). The highest BCUT2D eigenvalue weighted by Gasteiger charge is 2.07. The van der Waals surface area contributed by atoms with Crippen LogP contribution in [0.4, 0.5) is 0 Å². The van der Waals surface area contributed by atoms with Crippen molar-refractivity contribution in [1.82, 2.24) is 5.16 Å². The molecule has 0 saturated heterocycles. The SMILES string of the molecule is O=c1onc(Cc2ccccc2)c2ccccc12. The van der Waals surface area contributed by atoms with Crippen LogP contribution in [0.3, 0.4) is 0 Å². The van der Waals surface area contributed by atoms with Crippen molar-refractivity contribution >= 4 is 10.8 Å². The molecule has 0 aliphatic carbocycles. The van der Waals surface area contributed by atoms with Crippen LogP contribution in [0.1, 0.15) is 11.3 Å². The molecule has 0 amide bonds. The topological polar surface area (TPSA) is 43.1 Å². The van der Waals surface area contributed by atoms with Gasteiger partial charge < -0.3 is 4.52 Å². The second kappa shape index (κ2) is 4.45. The highest BCUT2D eigenvalue weighted by molar-refractivity contribution is 5.83. The van der Waals surface area contributed by atoms with E-state index in [1.54, 1.807) is 6.07 Å². The fourth-order valence-electron chi connectivity index (χ4n) is 2.02. The number of hydrogen-bond donors (Lipinski definition) is 0. The Labute approximate surface area is 104 Å². The zero-order chi connectivity index (χ0) is 12.4. The molecule has 0 spiro atoms. The van der Waals surface area contributed by atoms with E-state index in [1.165, 1.54) is 0 Å². The van der Waals surface area contributed by atoms with Crippen LogP contribution in [0.5, 0.6) is 0 Å². The summed E-state index contributed by atoms with van der Waals surface area (Å²) in [6.45, 7) is 0. The molecule has 0 aliphatic rings.